The highest BCUT2D eigenvalue weighted by Gasteiger charge is 2.16. The highest BCUT2D eigenvalue weighted by molar-refractivity contribution is 6.31. The Bertz CT molecular complexity index is 743. The van der Waals surface area contributed by atoms with Crippen molar-refractivity contribution >= 4 is 35.0 Å². The molecule has 7 nitrogen and oxygen atoms in total. The quantitative estimate of drug-likeness (QED) is 0.880. The predicted octanol–water partition coefficient (Wildman–Crippen LogP) is 2.83. The van der Waals surface area contributed by atoms with E-state index in [2.05, 4.69) is 37.4 Å². The minimum atomic E-state index is -0.365. The first kappa shape index (κ1) is 17.4. The van der Waals surface area contributed by atoms with Crippen LogP contribution in [0.2, 0.25) is 5.02 Å². The van der Waals surface area contributed by atoms with Crippen LogP contribution in [0.5, 0.6) is 0 Å². The van der Waals surface area contributed by atoms with Gasteiger partial charge >= 0.3 is 6.03 Å². The summed E-state index contributed by atoms with van der Waals surface area (Å²) >= 11 is 6.06. The van der Waals surface area contributed by atoms with Gasteiger partial charge in [-0.2, -0.15) is 0 Å². The van der Waals surface area contributed by atoms with Crippen LogP contribution in [0.4, 0.5) is 22.1 Å². The van der Waals surface area contributed by atoms with Gasteiger partial charge in [-0.15, -0.1) is 0 Å². The average Bonchev–Trinajstić information content (AvgIpc) is 2.60. The van der Waals surface area contributed by atoms with Gasteiger partial charge in [-0.3, -0.25) is 0 Å². The number of aromatic nitrogens is 2. The summed E-state index contributed by atoms with van der Waals surface area (Å²) in [4.78, 5) is 25.2. The highest BCUT2D eigenvalue weighted by Crippen LogP contribution is 2.20. The molecule has 3 rings (SSSR count). The molecule has 0 spiro atoms. The summed E-state index contributed by atoms with van der Waals surface area (Å²) < 4.78 is 0. The van der Waals surface area contributed by atoms with Crippen LogP contribution in [0.1, 0.15) is 5.56 Å². The molecule has 0 aliphatic carbocycles. The molecule has 25 heavy (non-hydrogen) atoms. The summed E-state index contributed by atoms with van der Waals surface area (Å²) in [6.07, 6.45) is 3.23. The number of nitrogens with one attached hydrogen (secondary N) is 2. The fourth-order valence-corrected chi connectivity index (χ4v) is 2.70. The number of hydrogen-bond donors (Lipinski definition) is 2. The number of piperazine rings is 1. The minimum absolute atomic E-state index is 0.365. The largest absolute Gasteiger partial charge is 0.338 e. The lowest BCUT2D eigenvalue weighted by molar-refractivity contribution is 0.262. The molecule has 0 bridgehead atoms. The number of amides is 2. The molecule has 1 aliphatic heterocycles. The molecule has 2 amide bonds. The summed E-state index contributed by atoms with van der Waals surface area (Å²) in [5, 5.41) is 6.06. The maximum absolute atomic E-state index is 12.1. The molecular formula is C17H21ClN6O. The third kappa shape index (κ3) is 4.58. The number of rotatable bonds is 3. The second-order valence-electron chi connectivity index (χ2n) is 6.11. The molecule has 1 aromatic carbocycles. The van der Waals surface area contributed by atoms with Crippen molar-refractivity contribution in [3.8, 4) is 0 Å². The summed E-state index contributed by atoms with van der Waals surface area (Å²) in [6, 6.07) is 5.00. The van der Waals surface area contributed by atoms with Crippen molar-refractivity contribution in [2.45, 2.75) is 6.92 Å². The van der Waals surface area contributed by atoms with E-state index in [-0.39, 0.29) is 6.03 Å². The number of anilines is 3. The zero-order valence-corrected chi connectivity index (χ0v) is 15.0. The summed E-state index contributed by atoms with van der Waals surface area (Å²) in [7, 11) is 2.10. The van der Waals surface area contributed by atoms with Gasteiger partial charge in [0.2, 0.25) is 5.95 Å². The van der Waals surface area contributed by atoms with Gasteiger partial charge in [-0.25, -0.2) is 14.8 Å². The summed E-state index contributed by atoms with van der Waals surface area (Å²) in [5.74, 6) is 0.685. The van der Waals surface area contributed by atoms with Gasteiger partial charge in [-0.05, 0) is 31.7 Å². The Morgan fingerprint density at radius 2 is 1.72 bits per heavy atom. The number of halogens is 1. The number of carbonyl (C=O) groups excluding carboxylic acids is 1. The highest BCUT2D eigenvalue weighted by atomic mass is 35.5. The lowest BCUT2D eigenvalue weighted by Crippen LogP contribution is -2.45. The van der Waals surface area contributed by atoms with Gasteiger partial charge in [0.1, 0.15) is 0 Å². The molecule has 132 valence electrons. The Balaban J connectivity index is 1.57. The van der Waals surface area contributed by atoms with E-state index >= 15 is 0 Å². The molecular weight excluding hydrogens is 340 g/mol. The maximum atomic E-state index is 12.1. The zero-order chi connectivity index (χ0) is 17.8. The third-order valence-corrected chi connectivity index (χ3v) is 4.52. The van der Waals surface area contributed by atoms with Gasteiger partial charge in [0.05, 0.1) is 18.1 Å². The number of aryl methyl sites for hydroxylation is 1. The minimum Gasteiger partial charge on any atom is -0.338 e. The standard InChI is InChI=1S/C17H21ClN6O/c1-12-3-4-13(9-15(12)18)21-17(25)22-14-10-19-16(20-11-14)24-7-5-23(2)6-8-24/h3-4,9-11H,5-8H2,1-2H3,(H2,21,22,25). The molecule has 1 aliphatic rings. The fourth-order valence-electron chi connectivity index (χ4n) is 2.52. The molecule has 2 aromatic rings. The van der Waals surface area contributed by atoms with Crippen LogP contribution in [0.25, 0.3) is 0 Å². The van der Waals surface area contributed by atoms with Crippen molar-refractivity contribution in [3.05, 3.63) is 41.2 Å². The Morgan fingerprint density at radius 1 is 1.08 bits per heavy atom. The van der Waals surface area contributed by atoms with E-state index in [1.54, 1.807) is 24.5 Å². The van der Waals surface area contributed by atoms with Crippen molar-refractivity contribution in [1.82, 2.24) is 14.9 Å². The number of hydrogen-bond acceptors (Lipinski definition) is 5. The first-order valence-electron chi connectivity index (χ1n) is 8.11. The Labute approximate surface area is 152 Å². The van der Waals surface area contributed by atoms with E-state index in [1.807, 2.05) is 13.0 Å². The van der Waals surface area contributed by atoms with E-state index < -0.39 is 0 Å². The number of carbonyl (C=O) groups is 1. The molecule has 0 saturated carbocycles. The summed E-state index contributed by atoms with van der Waals surface area (Å²) in [5.41, 5.74) is 2.12. The molecule has 0 unspecified atom stereocenters. The predicted molar refractivity (Wildman–Crippen MR) is 101 cm³/mol. The molecule has 2 N–H and O–H groups in total. The van der Waals surface area contributed by atoms with Crippen molar-refractivity contribution in [2.75, 3.05) is 48.8 Å². The van der Waals surface area contributed by atoms with Crippen molar-refractivity contribution < 1.29 is 4.79 Å². The second kappa shape index (κ2) is 7.67. The maximum Gasteiger partial charge on any atom is 0.323 e. The van der Waals surface area contributed by atoms with Crippen LogP contribution < -0.4 is 15.5 Å². The number of likely N-dealkylation sites (N-methyl/N-ethyl adjacent to an activating group) is 1. The van der Waals surface area contributed by atoms with Gasteiger partial charge in [-0.1, -0.05) is 17.7 Å². The third-order valence-electron chi connectivity index (χ3n) is 4.11. The number of nitrogens with zero attached hydrogens (tertiary/aromatic N) is 4. The molecule has 1 fully saturated rings. The summed E-state index contributed by atoms with van der Waals surface area (Å²) in [6.45, 7) is 5.69. The van der Waals surface area contributed by atoms with E-state index in [9.17, 15) is 4.79 Å². The monoisotopic (exact) mass is 360 g/mol. The van der Waals surface area contributed by atoms with Crippen LogP contribution in [0.15, 0.2) is 30.6 Å². The molecule has 8 heteroatoms. The molecule has 0 radical (unpaired) electrons. The number of benzene rings is 1. The van der Waals surface area contributed by atoms with Crippen LogP contribution in [0, 0.1) is 6.92 Å². The Morgan fingerprint density at radius 3 is 2.36 bits per heavy atom. The molecule has 1 aromatic heterocycles. The van der Waals surface area contributed by atoms with E-state index in [4.69, 9.17) is 11.6 Å². The van der Waals surface area contributed by atoms with E-state index in [0.29, 0.717) is 22.3 Å². The first-order chi connectivity index (χ1) is 12.0. The number of urea groups is 1. The van der Waals surface area contributed by atoms with Crippen LogP contribution >= 0.6 is 11.6 Å². The van der Waals surface area contributed by atoms with Gasteiger partial charge in [0.25, 0.3) is 0 Å². The smallest absolute Gasteiger partial charge is 0.323 e. The lowest BCUT2D eigenvalue weighted by atomic mass is 10.2. The average molecular weight is 361 g/mol. The van der Waals surface area contributed by atoms with Crippen molar-refractivity contribution in [2.24, 2.45) is 0 Å². The second-order valence-corrected chi connectivity index (χ2v) is 6.51. The molecule has 0 atom stereocenters. The molecule has 1 saturated heterocycles. The van der Waals surface area contributed by atoms with Crippen molar-refractivity contribution in [3.63, 3.8) is 0 Å². The fraction of sp³-hybridized carbons (Fsp3) is 0.353. The SMILES string of the molecule is Cc1ccc(NC(=O)Nc2cnc(N3CCN(C)CC3)nc2)cc1Cl. The normalized spacial score (nSPS) is 15.1. The van der Waals surface area contributed by atoms with Crippen LogP contribution in [-0.2, 0) is 0 Å². The van der Waals surface area contributed by atoms with E-state index in [0.717, 1.165) is 31.7 Å². The van der Waals surface area contributed by atoms with Gasteiger partial charge in [0, 0.05) is 36.9 Å². The molecule has 2 heterocycles. The Hall–Kier alpha value is -2.38. The van der Waals surface area contributed by atoms with E-state index in [1.165, 1.54) is 0 Å². The van der Waals surface area contributed by atoms with Gasteiger partial charge < -0.3 is 20.4 Å². The zero-order valence-electron chi connectivity index (χ0n) is 14.3. The first-order valence-corrected chi connectivity index (χ1v) is 8.49. The van der Waals surface area contributed by atoms with Gasteiger partial charge in [0.15, 0.2) is 0 Å². The lowest BCUT2D eigenvalue weighted by Gasteiger charge is -2.32. The van der Waals surface area contributed by atoms with Crippen LogP contribution in [0.3, 0.4) is 0 Å². The Kier molecular flexibility index (Phi) is 5.35. The van der Waals surface area contributed by atoms with Crippen molar-refractivity contribution in [1.29, 1.82) is 0 Å². The topological polar surface area (TPSA) is 73.4 Å². The van der Waals surface area contributed by atoms with Crippen LogP contribution in [-0.4, -0.2) is 54.1 Å².